The maximum Gasteiger partial charge on any atom is 0.269 e. The van der Waals surface area contributed by atoms with Crippen molar-refractivity contribution in [1.29, 1.82) is 0 Å². The Balaban J connectivity index is 1.78. The molecule has 0 radical (unpaired) electrons. The average molecular weight is 541 g/mol. The van der Waals surface area contributed by atoms with E-state index in [0.29, 0.717) is 20.3 Å². The van der Waals surface area contributed by atoms with Gasteiger partial charge in [0.1, 0.15) is 17.9 Å². The molecule has 2 amide bonds. The number of amides is 2. The number of thiocarbonyl (C=S) groups is 1. The fraction of sp³-hybridized carbons (Fsp3) is 0.0556. The Morgan fingerprint density at radius 1 is 1.07 bits per heavy atom. The third-order valence-electron chi connectivity index (χ3n) is 3.81. The molecule has 2 aromatic rings. The van der Waals surface area contributed by atoms with Crippen LogP contribution in [0.15, 0.2) is 50.9 Å². The summed E-state index contributed by atoms with van der Waals surface area (Å²) in [4.78, 5) is 34.2. The van der Waals surface area contributed by atoms with Crippen LogP contribution in [0.25, 0.3) is 6.08 Å². The van der Waals surface area contributed by atoms with Crippen LogP contribution in [0.5, 0.6) is 5.75 Å². The second kappa shape index (κ2) is 8.80. The SMILES string of the molecule is O=C1NC(=S)NC(=O)C1=Cc1cc(Br)c(OCc2ccc([N+](=O)[O-])cc2)c(Br)c1. The third-order valence-corrected chi connectivity index (χ3v) is 5.19. The fourth-order valence-corrected chi connectivity index (χ4v) is 4.08. The van der Waals surface area contributed by atoms with Crippen LogP contribution in [0.4, 0.5) is 5.69 Å². The van der Waals surface area contributed by atoms with Crippen LogP contribution in [-0.4, -0.2) is 21.9 Å². The van der Waals surface area contributed by atoms with E-state index in [1.165, 1.54) is 18.2 Å². The maximum atomic E-state index is 12.0. The van der Waals surface area contributed by atoms with Crippen LogP contribution < -0.4 is 15.4 Å². The number of nitro benzene ring substituents is 1. The molecule has 0 unspecified atom stereocenters. The summed E-state index contributed by atoms with van der Waals surface area (Å²) in [6, 6.07) is 9.42. The van der Waals surface area contributed by atoms with Crippen molar-refractivity contribution < 1.29 is 19.2 Å². The van der Waals surface area contributed by atoms with Crippen molar-refractivity contribution in [3.63, 3.8) is 0 Å². The van der Waals surface area contributed by atoms with E-state index in [4.69, 9.17) is 17.0 Å². The fourth-order valence-electron chi connectivity index (χ4n) is 2.44. The Kier molecular flexibility index (Phi) is 6.40. The Labute approximate surface area is 186 Å². The molecular weight excluding hydrogens is 530 g/mol. The van der Waals surface area contributed by atoms with Crippen LogP contribution >= 0.6 is 44.1 Å². The minimum atomic E-state index is -0.579. The van der Waals surface area contributed by atoms with Crippen LogP contribution in [0, 0.1) is 10.1 Å². The molecule has 0 atom stereocenters. The van der Waals surface area contributed by atoms with E-state index in [-0.39, 0.29) is 23.0 Å². The van der Waals surface area contributed by atoms with Gasteiger partial charge >= 0.3 is 0 Å². The van der Waals surface area contributed by atoms with Gasteiger partial charge in [-0.1, -0.05) is 0 Å². The zero-order valence-electron chi connectivity index (χ0n) is 14.4. The number of nitro groups is 1. The standard InChI is InChI=1S/C18H11Br2N3O5S/c19-13-6-10(5-12-16(24)21-18(29)22-17(12)25)7-14(20)15(13)28-8-9-1-3-11(4-2-9)23(26)27/h1-7H,8H2,(H2,21,22,24,25,29). The van der Waals surface area contributed by atoms with E-state index >= 15 is 0 Å². The molecule has 0 spiro atoms. The normalized spacial score (nSPS) is 13.6. The van der Waals surface area contributed by atoms with Gasteiger partial charge < -0.3 is 4.74 Å². The molecule has 8 nitrogen and oxygen atoms in total. The molecular formula is C18H11Br2N3O5S. The van der Waals surface area contributed by atoms with E-state index in [1.54, 1.807) is 24.3 Å². The molecule has 11 heteroatoms. The van der Waals surface area contributed by atoms with Crippen molar-refractivity contribution in [3.05, 3.63) is 72.2 Å². The third kappa shape index (κ3) is 5.05. The highest BCUT2D eigenvalue weighted by molar-refractivity contribution is 9.11. The number of hydrogen-bond acceptors (Lipinski definition) is 6. The molecule has 148 valence electrons. The number of nitrogens with zero attached hydrogens (tertiary/aromatic N) is 1. The van der Waals surface area contributed by atoms with Gasteiger partial charge in [-0.15, -0.1) is 0 Å². The highest BCUT2D eigenvalue weighted by Gasteiger charge is 2.25. The van der Waals surface area contributed by atoms with Crippen molar-refractivity contribution in [3.8, 4) is 5.75 Å². The van der Waals surface area contributed by atoms with Crippen LogP contribution in [-0.2, 0) is 16.2 Å². The number of hydrogen-bond donors (Lipinski definition) is 2. The smallest absolute Gasteiger partial charge is 0.269 e. The van der Waals surface area contributed by atoms with Gasteiger partial charge in [-0.25, -0.2) is 0 Å². The lowest BCUT2D eigenvalue weighted by atomic mass is 10.1. The van der Waals surface area contributed by atoms with Crippen LogP contribution in [0.1, 0.15) is 11.1 Å². The van der Waals surface area contributed by atoms with Gasteiger partial charge in [-0.05, 0) is 85.5 Å². The average Bonchev–Trinajstić information content (AvgIpc) is 2.64. The van der Waals surface area contributed by atoms with Crippen molar-refractivity contribution in [2.45, 2.75) is 6.61 Å². The lowest BCUT2D eigenvalue weighted by Crippen LogP contribution is -2.51. The van der Waals surface area contributed by atoms with E-state index < -0.39 is 16.7 Å². The molecule has 0 aliphatic carbocycles. The summed E-state index contributed by atoms with van der Waals surface area (Å²) in [5.74, 6) is -0.654. The number of halogens is 2. The first kappa shape index (κ1) is 21.1. The zero-order valence-corrected chi connectivity index (χ0v) is 18.4. The topological polar surface area (TPSA) is 111 Å². The highest BCUT2D eigenvalue weighted by Crippen LogP contribution is 2.36. The van der Waals surface area contributed by atoms with Crippen molar-refractivity contribution in [2.24, 2.45) is 0 Å². The van der Waals surface area contributed by atoms with Gasteiger partial charge in [-0.2, -0.15) is 0 Å². The van der Waals surface area contributed by atoms with E-state index in [2.05, 4.69) is 42.5 Å². The van der Waals surface area contributed by atoms with Gasteiger partial charge in [0.05, 0.1) is 13.9 Å². The number of carbonyl (C=O) groups excluding carboxylic acids is 2. The molecule has 0 aromatic heterocycles. The minimum Gasteiger partial charge on any atom is -0.487 e. The number of rotatable bonds is 5. The van der Waals surface area contributed by atoms with Crippen molar-refractivity contribution in [2.75, 3.05) is 0 Å². The Hall–Kier alpha value is -2.63. The second-order valence-electron chi connectivity index (χ2n) is 5.82. The van der Waals surface area contributed by atoms with Gasteiger partial charge in [-0.3, -0.25) is 30.3 Å². The molecule has 29 heavy (non-hydrogen) atoms. The Morgan fingerprint density at radius 2 is 1.62 bits per heavy atom. The molecule has 1 fully saturated rings. The lowest BCUT2D eigenvalue weighted by molar-refractivity contribution is -0.384. The first-order valence-electron chi connectivity index (χ1n) is 7.98. The summed E-state index contributed by atoms with van der Waals surface area (Å²) in [5, 5.41) is 15.4. The number of nitrogens with one attached hydrogen (secondary N) is 2. The van der Waals surface area contributed by atoms with Crippen molar-refractivity contribution in [1.82, 2.24) is 10.6 Å². The predicted molar refractivity (Wildman–Crippen MR) is 116 cm³/mol. The largest absolute Gasteiger partial charge is 0.487 e. The highest BCUT2D eigenvalue weighted by atomic mass is 79.9. The van der Waals surface area contributed by atoms with E-state index in [9.17, 15) is 19.7 Å². The molecule has 1 aliphatic heterocycles. The van der Waals surface area contributed by atoms with Crippen molar-refractivity contribution >= 4 is 72.8 Å². The number of non-ortho nitro benzene ring substituents is 1. The number of carbonyl (C=O) groups is 2. The number of benzene rings is 2. The molecule has 2 aromatic carbocycles. The second-order valence-corrected chi connectivity index (χ2v) is 7.94. The Bertz CT molecular complexity index is 1020. The minimum absolute atomic E-state index is 0.00468. The molecule has 0 bridgehead atoms. The predicted octanol–water partition coefficient (Wildman–Crippen LogP) is 3.61. The molecule has 3 rings (SSSR count). The van der Waals surface area contributed by atoms with Gasteiger partial charge in [0.25, 0.3) is 17.5 Å². The van der Waals surface area contributed by atoms with Gasteiger partial charge in [0.2, 0.25) is 0 Å². The molecule has 0 saturated carbocycles. The van der Waals surface area contributed by atoms with Gasteiger partial charge in [0, 0.05) is 12.1 Å². The van der Waals surface area contributed by atoms with Crippen LogP contribution in [0.2, 0.25) is 0 Å². The van der Waals surface area contributed by atoms with E-state index in [1.807, 2.05) is 0 Å². The number of ether oxygens (including phenoxy) is 1. The Morgan fingerprint density at radius 3 is 2.14 bits per heavy atom. The van der Waals surface area contributed by atoms with Crippen LogP contribution in [0.3, 0.4) is 0 Å². The van der Waals surface area contributed by atoms with E-state index in [0.717, 1.165) is 5.56 Å². The summed E-state index contributed by atoms with van der Waals surface area (Å²) in [5.41, 5.74) is 1.27. The summed E-state index contributed by atoms with van der Waals surface area (Å²) in [6.07, 6.45) is 1.43. The monoisotopic (exact) mass is 539 g/mol. The first-order valence-corrected chi connectivity index (χ1v) is 9.97. The lowest BCUT2D eigenvalue weighted by Gasteiger charge is -2.16. The molecule has 2 N–H and O–H groups in total. The molecule has 1 aliphatic rings. The quantitative estimate of drug-likeness (QED) is 0.197. The molecule has 1 heterocycles. The summed E-state index contributed by atoms with van der Waals surface area (Å²) < 4.78 is 6.98. The van der Waals surface area contributed by atoms with Gasteiger partial charge in [0.15, 0.2) is 5.11 Å². The summed E-state index contributed by atoms with van der Waals surface area (Å²) >= 11 is 11.6. The first-order chi connectivity index (χ1) is 13.7. The summed E-state index contributed by atoms with van der Waals surface area (Å²) in [7, 11) is 0. The zero-order chi connectivity index (χ0) is 21.1. The summed E-state index contributed by atoms with van der Waals surface area (Å²) in [6.45, 7) is 0.192. The maximum absolute atomic E-state index is 12.0. The molecule has 1 saturated heterocycles.